The minimum Gasteiger partial charge on any atom is -0.497 e. The lowest BCUT2D eigenvalue weighted by Gasteiger charge is -2.17. The minimum absolute atomic E-state index is 0.0201. The summed E-state index contributed by atoms with van der Waals surface area (Å²) in [5, 5.41) is 3.69. The van der Waals surface area contributed by atoms with E-state index in [0.29, 0.717) is 17.0 Å². The van der Waals surface area contributed by atoms with Gasteiger partial charge in [0.15, 0.2) is 6.61 Å². The molecule has 1 aliphatic heterocycles. The van der Waals surface area contributed by atoms with Gasteiger partial charge < -0.3 is 14.8 Å². The number of nitrogens with one attached hydrogen (secondary N) is 2. The Kier molecular flexibility index (Phi) is 6.63. The molecule has 0 spiro atoms. The number of carbonyl (C=O) groups excluding carboxylic acids is 4. The lowest BCUT2D eigenvalue weighted by Crippen LogP contribution is -2.43. The average Bonchev–Trinajstić information content (AvgIpc) is 3.13. The maximum atomic E-state index is 12.2. The van der Waals surface area contributed by atoms with Gasteiger partial charge in [0.05, 0.1) is 19.6 Å². The van der Waals surface area contributed by atoms with Crippen LogP contribution in [0.3, 0.4) is 0 Å². The molecule has 3 amide bonds. The third-order valence-electron chi connectivity index (χ3n) is 4.43. The lowest BCUT2D eigenvalue weighted by molar-refractivity contribution is -0.151. The molecule has 1 heterocycles. The maximum absolute atomic E-state index is 12.2. The van der Waals surface area contributed by atoms with E-state index in [2.05, 4.69) is 10.7 Å². The third-order valence-corrected chi connectivity index (χ3v) is 4.43. The van der Waals surface area contributed by atoms with Crippen molar-refractivity contribution in [2.75, 3.05) is 25.6 Å². The van der Waals surface area contributed by atoms with Gasteiger partial charge in [0.25, 0.3) is 11.8 Å². The van der Waals surface area contributed by atoms with E-state index in [9.17, 15) is 19.2 Å². The van der Waals surface area contributed by atoms with Crippen LogP contribution in [0.5, 0.6) is 5.75 Å². The predicted octanol–water partition coefficient (Wildman–Crippen LogP) is 1.37. The van der Waals surface area contributed by atoms with Gasteiger partial charge in [0, 0.05) is 23.7 Å². The molecule has 30 heavy (non-hydrogen) atoms. The van der Waals surface area contributed by atoms with Crippen LogP contribution in [0.1, 0.15) is 16.8 Å². The first kappa shape index (κ1) is 20.8. The molecule has 2 aromatic rings. The van der Waals surface area contributed by atoms with Crippen LogP contribution in [0.15, 0.2) is 54.6 Å². The Bertz CT molecular complexity index is 947. The molecule has 0 radical (unpaired) electrons. The van der Waals surface area contributed by atoms with Crippen molar-refractivity contribution in [3.05, 3.63) is 60.2 Å². The van der Waals surface area contributed by atoms with Crippen LogP contribution in [0.4, 0.5) is 5.69 Å². The Morgan fingerprint density at radius 2 is 1.87 bits per heavy atom. The molecule has 1 saturated heterocycles. The van der Waals surface area contributed by atoms with Crippen molar-refractivity contribution < 1.29 is 28.7 Å². The van der Waals surface area contributed by atoms with Crippen molar-refractivity contribution in [3.63, 3.8) is 0 Å². The lowest BCUT2D eigenvalue weighted by atomic mass is 10.1. The highest BCUT2D eigenvalue weighted by Crippen LogP contribution is 2.19. The maximum Gasteiger partial charge on any atom is 0.311 e. The van der Waals surface area contributed by atoms with E-state index < -0.39 is 36.2 Å². The molecule has 0 bridgehead atoms. The van der Waals surface area contributed by atoms with E-state index >= 15 is 0 Å². The number of anilines is 1. The number of nitrogens with zero attached hydrogens (tertiary/aromatic N) is 1. The Morgan fingerprint density at radius 1 is 1.10 bits per heavy atom. The number of carbonyl (C=O) groups is 4. The quantitative estimate of drug-likeness (QED) is 0.665. The molecule has 9 heteroatoms. The van der Waals surface area contributed by atoms with Crippen LogP contribution in [0, 0.1) is 5.92 Å². The summed E-state index contributed by atoms with van der Waals surface area (Å²) in [7, 11) is 1.51. The zero-order chi connectivity index (χ0) is 21.5. The predicted molar refractivity (Wildman–Crippen MR) is 106 cm³/mol. The minimum atomic E-state index is -0.766. The second kappa shape index (κ2) is 9.55. The van der Waals surface area contributed by atoms with Crippen LogP contribution in [0.25, 0.3) is 0 Å². The molecule has 0 unspecified atom stereocenters. The van der Waals surface area contributed by atoms with E-state index in [1.165, 1.54) is 7.11 Å². The molecule has 1 atom stereocenters. The third kappa shape index (κ3) is 5.34. The summed E-state index contributed by atoms with van der Waals surface area (Å²) in [6.07, 6.45) is -0.106. The topological polar surface area (TPSA) is 114 Å². The van der Waals surface area contributed by atoms with Gasteiger partial charge in [-0.1, -0.05) is 24.3 Å². The van der Waals surface area contributed by atoms with Crippen LogP contribution in [-0.4, -0.2) is 49.0 Å². The molecular weight excluding hydrogens is 390 g/mol. The van der Waals surface area contributed by atoms with Crippen molar-refractivity contribution in [1.82, 2.24) is 10.4 Å². The first-order valence-corrected chi connectivity index (χ1v) is 9.23. The number of methoxy groups -OCH3 is 1. The Labute approximate surface area is 172 Å². The Morgan fingerprint density at radius 3 is 2.60 bits per heavy atom. The largest absolute Gasteiger partial charge is 0.497 e. The molecule has 1 fully saturated rings. The number of amides is 3. The number of esters is 1. The normalized spacial score (nSPS) is 15.4. The first-order valence-electron chi connectivity index (χ1n) is 9.23. The summed E-state index contributed by atoms with van der Waals surface area (Å²) in [6.45, 7) is -0.509. The molecule has 0 saturated carbocycles. The number of hydrazine groups is 1. The van der Waals surface area contributed by atoms with Gasteiger partial charge in [-0.05, 0) is 24.3 Å². The van der Waals surface area contributed by atoms with Gasteiger partial charge in [-0.15, -0.1) is 0 Å². The van der Waals surface area contributed by atoms with Gasteiger partial charge in [0.2, 0.25) is 5.91 Å². The van der Waals surface area contributed by atoms with Gasteiger partial charge in [0.1, 0.15) is 5.75 Å². The zero-order valence-corrected chi connectivity index (χ0v) is 16.3. The molecule has 0 aromatic heterocycles. The van der Waals surface area contributed by atoms with Crippen molar-refractivity contribution in [1.29, 1.82) is 0 Å². The second-order valence-corrected chi connectivity index (χ2v) is 6.60. The molecule has 9 nitrogen and oxygen atoms in total. The summed E-state index contributed by atoms with van der Waals surface area (Å²) in [5.41, 5.74) is 3.38. The average molecular weight is 411 g/mol. The van der Waals surface area contributed by atoms with E-state index in [1.54, 1.807) is 54.6 Å². The first-order chi connectivity index (χ1) is 14.5. The molecule has 2 aromatic carbocycles. The van der Waals surface area contributed by atoms with Crippen molar-refractivity contribution in [3.8, 4) is 5.75 Å². The van der Waals surface area contributed by atoms with E-state index in [4.69, 9.17) is 9.47 Å². The SMILES string of the molecule is COc1cccc(NC(=O)COC(=O)[C@H]2CC(=O)N(NC(=O)c3ccccc3)C2)c1. The Hall–Kier alpha value is -3.88. The fraction of sp³-hybridized carbons (Fsp3) is 0.238. The highest BCUT2D eigenvalue weighted by molar-refractivity contribution is 5.97. The molecule has 0 aliphatic carbocycles. The number of ether oxygens (including phenoxy) is 2. The standard InChI is InChI=1S/C21H21N3O6/c1-29-17-9-5-8-16(11-17)22-18(25)13-30-21(28)15-10-19(26)24(12-15)23-20(27)14-6-3-2-4-7-14/h2-9,11,15H,10,12-13H2,1H3,(H,22,25)(H,23,27)/t15-/m0/s1. The fourth-order valence-electron chi connectivity index (χ4n) is 2.90. The molecule has 156 valence electrons. The second-order valence-electron chi connectivity index (χ2n) is 6.60. The van der Waals surface area contributed by atoms with Gasteiger partial charge in [-0.25, -0.2) is 0 Å². The summed E-state index contributed by atoms with van der Waals surface area (Å²) < 4.78 is 10.1. The van der Waals surface area contributed by atoms with Crippen LogP contribution < -0.4 is 15.5 Å². The van der Waals surface area contributed by atoms with Gasteiger partial charge in [-0.3, -0.25) is 29.6 Å². The van der Waals surface area contributed by atoms with Crippen LogP contribution in [0.2, 0.25) is 0 Å². The van der Waals surface area contributed by atoms with E-state index in [1.807, 2.05) is 0 Å². The molecule has 1 aliphatic rings. The fourth-order valence-corrected chi connectivity index (χ4v) is 2.90. The zero-order valence-electron chi connectivity index (χ0n) is 16.3. The summed E-state index contributed by atoms with van der Waals surface area (Å²) >= 11 is 0. The smallest absolute Gasteiger partial charge is 0.311 e. The van der Waals surface area contributed by atoms with Crippen molar-refractivity contribution in [2.45, 2.75) is 6.42 Å². The number of benzene rings is 2. The summed E-state index contributed by atoms with van der Waals surface area (Å²) in [5.74, 6) is -2.24. The Balaban J connectivity index is 1.47. The highest BCUT2D eigenvalue weighted by Gasteiger charge is 2.36. The molecular formula is C21H21N3O6. The van der Waals surface area contributed by atoms with E-state index in [0.717, 1.165) is 5.01 Å². The van der Waals surface area contributed by atoms with Crippen molar-refractivity contribution in [2.24, 2.45) is 5.92 Å². The summed E-state index contributed by atoms with van der Waals surface area (Å²) in [6, 6.07) is 15.2. The van der Waals surface area contributed by atoms with Crippen LogP contribution >= 0.6 is 0 Å². The van der Waals surface area contributed by atoms with Gasteiger partial charge >= 0.3 is 5.97 Å². The van der Waals surface area contributed by atoms with E-state index in [-0.39, 0.29) is 13.0 Å². The number of hydrogen-bond acceptors (Lipinski definition) is 6. The van der Waals surface area contributed by atoms with Gasteiger partial charge in [-0.2, -0.15) is 0 Å². The number of rotatable bonds is 7. The molecule has 2 N–H and O–H groups in total. The summed E-state index contributed by atoms with van der Waals surface area (Å²) in [4.78, 5) is 48.5. The monoisotopic (exact) mass is 411 g/mol. The number of hydrogen-bond donors (Lipinski definition) is 2. The molecule has 3 rings (SSSR count). The van der Waals surface area contributed by atoms with Crippen LogP contribution in [-0.2, 0) is 19.1 Å². The van der Waals surface area contributed by atoms with Crippen molar-refractivity contribution >= 4 is 29.4 Å². The highest BCUT2D eigenvalue weighted by atomic mass is 16.5.